The molecule has 0 bridgehead atoms. The Morgan fingerprint density at radius 3 is 2.39 bits per heavy atom. The van der Waals surface area contributed by atoms with Gasteiger partial charge in [-0.3, -0.25) is 0 Å². The number of likely N-dealkylation sites (N-methyl/N-ethyl adjacent to an activating group) is 1. The molecule has 0 aliphatic carbocycles. The van der Waals surface area contributed by atoms with E-state index in [1.807, 2.05) is 0 Å². The molecule has 0 saturated heterocycles. The van der Waals surface area contributed by atoms with Gasteiger partial charge in [-0.2, -0.15) is 4.98 Å². The number of aromatic nitrogens is 2. The normalized spacial score (nSPS) is 14.2. The monoisotopic (exact) mass is 254 g/mol. The molecule has 5 nitrogen and oxygen atoms in total. The molecule has 0 aromatic carbocycles. The highest BCUT2D eigenvalue weighted by Crippen LogP contribution is 2.29. The van der Waals surface area contributed by atoms with Gasteiger partial charge in [-0.15, -0.1) is 0 Å². The van der Waals surface area contributed by atoms with Gasteiger partial charge in [-0.1, -0.05) is 39.8 Å². The minimum atomic E-state index is -0.216. The van der Waals surface area contributed by atoms with E-state index in [2.05, 4.69) is 49.7 Å². The summed E-state index contributed by atoms with van der Waals surface area (Å²) in [7, 11) is 0. The van der Waals surface area contributed by atoms with Crippen LogP contribution in [0.1, 0.15) is 52.4 Å². The van der Waals surface area contributed by atoms with Crippen LogP contribution in [0.5, 0.6) is 0 Å². The smallest absolute Gasteiger partial charge is 0.244 e. The van der Waals surface area contributed by atoms with Crippen LogP contribution < -0.4 is 5.73 Å². The lowest BCUT2D eigenvalue weighted by Gasteiger charge is -2.23. The van der Waals surface area contributed by atoms with Crippen LogP contribution in [-0.4, -0.2) is 34.7 Å². The first-order valence-electron chi connectivity index (χ1n) is 6.68. The first-order valence-corrected chi connectivity index (χ1v) is 6.68. The fourth-order valence-electron chi connectivity index (χ4n) is 1.66. The van der Waals surface area contributed by atoms with E-state index in [0.29, 0.717) is 5.89 Å². The number of hydrogen-bond acceptors (Lipinski definition) is 5. The predicted octanol–water partition coefficient (Wildman–Crippen LogP) is 2.00. The Balaban J connectivity index is 2.58. The average Bonchev–Trinajstić information content (AvgIpc) is 2.77. The summed E-state index contributed by atoms with van der Waals surface area (Å²) in [5.74, 6) is 1.29. The highest BCUT2D eigenvalue weighted by atomic mass is 16.5. The molecule has 1 heterocycles. The lowest BCUT2D eigenvalue weighted by Crippen LogP contribution is -2.27. The van der Waals surface area contributed by atoms with Gasteiger partial charge in [0, 0.05) is 13.0 Å². The minimum absolute atomic E-state index is 0.0668. The van der Waals surface area contributed by atoms with E-state index < -0.39 is 0 Å². The van der Waals surface area contributed by atoms with Gasteiger partial charge in [0.25, 0.3) is 0 Å². The number of rotatable bonds is 6. The van der Waals surface area contributed by atoms with E-state index in [1.165, 1.54) is 0 Å². The van der Waals surface area contributed by atoms with Crippen LogP contribution in [0, 0.1) is 5.41 Å². The number of hydrogen-bond donors (Lipinski definition) is 1. The molecule has 5 heteroatoms. The molecule has 1 rings (SSSR count). The zero-order valence-corrected chi connectivity index (χ0v) is 12.2. The molecule has 0 spiro atoms. The highest BCUT2D eigenvalue weighted by molar-refractivity contribution is 4.96. The molecule has 1 aromatic heterocycles. The molecule has 1 aromatic rings. The molecule has 0 radical (unpaired) electrons. The predicted molar refractivity (Wildman–Crippen MR) is 72.2 cm³/mol. The number of nitrogens with zero attached hydrogens (tertiary/aromatic N) is 3. The molecule has 2 N–H and O–H groups in total. The van der Waals surface area contributed by atoms with Crippen molar-refractivity contribution in [2.45, 2.75) is 47.1 Å². The summed E-state index contributed by atoms with van der Waals surface area (Å²) in [6, 6.07) is -0.216. The Hall–Kier alpha value is -0.940. The summed E-state index contributed by atoms with van der Waals surface area (Å²) >= 11 is 0. The molecule has 0 aliphatic heterocycles. The molecule has 0 saturated carbocycles. The maximum absolute atomic E-state index is 6.09. The Labute approximate surface area is 110 Å². The van der Waals surface area contributed by atoms with Gasteiger partial charge in [-0.05, 0) is 18.5 Å². The van der Waals surface area contributed by atoms with Gasteiger partial charge in [0.05, 0.1) is 6.04 Å². The zero-order valence-electron chi connectivity index (χ0n) is 12.2. The summed E-state index contributed by atoms with van der Waals surface area (Å²) in [5, 5.41) is 4.00. The van der Waals surface area contributed by atoms with Crippen molar-refractivity contribution in [2.75, 3.05) is 19.6 Å². The second-order valence-corrected chi connectivity index (χ2v) is 5.67. The Bertz CT molecular complexity index is 352. The molecule has 0 amide bonds. The summed E-state index contributed by atoms with van der Waals surface area (Å²) < 4.78 is 5.25. The van der Waals surface area contributed by atoms with Crippen LogP contribution >= 0.6 is 0 Å². The van der Waals surface area contributed by atoms with E-state index >= 15 is 0 Å². The largest absolute Gasteiger partial charge is 0.338 e. The lowest BCUT2D eigenvalue weighted by molar-refractivity contribution is 0.251. The quantitative estimate of drug-likeness (QED) is 0.841. The van der Waals surface area contributed by atoms with Crippen LogP contribution in [0.15, 0.2) is 4.52 Å². The van der Waals surface area contributed by atoms with Crippen molar-refractivity contribution in [1.82, 2.24) is 15.0 Å². The van der Waals surface area contributed by atoms with Crippen molar-refractivity contribution < 1.29 is 4.52 Å². The van der Waals surface area contributed by atoms with E-state index in [-0.39, 0.29) is 11.5 Å². The third-order valence-electron chi connectivity index (χ3n) is 3.23. The zero-order chi connectivity index (χ0) is 13.8. The highest BCUT2D eigenvalue weighted by Gasteiger charge is 2.27. The van der Waals surface area contributed by atoms with Crippen molar-refractivity contribution in [3.8, 4) is 0 Å². The Morgan fingerprint density at radius 2 is 1.89 bits per heavy atom. The molecule has 18 heavy (non-hydrogen) atoms. The van der Waals surface area contributed by atoms with Crippen LogP contribution in [-0.2, 0) is 6.42 Å². The molecule has 104 valence electrons. The molecular formula is C13H26N4O. The third kappa shape index (κ3) is 4.07. The van der Waals surface area contributed by atoms with Gasteiger partial charge in [-0.25, -0.2) is 0 Å². The Kier molecular flexibility index (Phi) is 5.28. The topological polar surface area (TPSA) is 68.2 Å². The summed E-state index contributed by atoms with van der Waals surface area (Å²) in [6.07, 6.45) is 0.808. The molecule has 1 unspecified atom stereocenters. The third-order valence-corrected chi connectivity index (χ3v) is 3.23. The van der Waals surface area contributed by atoms with Gasteiger partial charge >= 0.3 is 0 Å². The maximum atomic E-state index is 6.09. The van der Waals surface area contributed by atoms with Gasteiger partial charge in [0.2, 0.25) is 5.89 Å². The summed E-state index contributed by atoms with van der Waals surface area (Å²) in [5.41, 5.74) is 6.02. The fraction of sp³-hybridized carbons (Fsp3) is 0.846. The maximum Gasteiger partial charge on any atom is 0.244 e. The number of nitrogens with two attached hydrogens (primary N) is 1. The van der Waals surface area contributed by atoms with E-state index in [1.54, 1.807) is 0 Å². The van der Waals surface area contributed by atoms with Crippen LogP contribution in [0.25, 0.3) is 0 Å². The van der Waals surface area contributed by atoms with Gasteiger partial charge in [0.15, 0.2) is 5.82 Å². The fourth-order valence-corrected chi connectivity index (χ4v) is 1.66. The standard InChI is InChI=1S/C13H26N4O/c1-6-17(7-2)9-8-10-15-12(18-16-10)11(14)13(3,4)5/h11H,6-9,14H2,1-5H3. The first kappa shape index (κ1) is 15.1. The van der Waals surface area contributed by atoms with Crippen molar-refractivity contribution in [2.24, 2.45) is 11.1 Å². The molecule has 1 atom stereocenters. The Morgan fingerprint density at radius 1 is 1.28 bits per heavy atom. The summed E-state index contributed by atoms with van der Waals surface area (Å²) in [6.45, 7) is 13.6. The molecule has 0 aliphatic rings. The van der Waals surface area contributed by atoms with E-state index in [9.17, 15) is 0 Å². The van der Waals surface area contributed by atoms with Crippen molar-refractivity contribution >= 4 is 0 Å². The molecular weight excluding hydrogens is 228 g/mol. The lowest BCUT2D eigenvalue weighted by atomic mass is 9.87. The van der Waals surface area contributed by atoms with Crippen molar-refractivity contribution in [3.05, 3.63) is 11.7 Å². The second kappa shape index (κ2) is 6.29. The SMILES string of the molecule is CCN(CC)CCc1noc(C(N)C(C)(C)C)n1. The van der Waals surface area contributed by atoms with Gasteiger partial charge in [0.1, 0.15) is 0 Å². The van der Waals surface area contributed by atoms with Crippen molar-refractivity contribution in [3.63, 3.8) is 0 Å². The van der Waals surface area contributed by atoms with E-state index in [0.717, 1.165) is 31.9 Å². The van der Waals surface area contributed by atoms with Crippen molar-refractivity contribution in [1.29, 1.82) is 0 Å². The van der Waals surface area contributed by atoms with Gasteiger partial charge < -0.3 is 15.2 Å². The van der Waals surface area contributed by atoms with E-state index in [4.69, 9.17) is 10.3 Å². The second-order valence-electron chi connectivity index (χ2n) is 5.67. The average molecular weight is 254 g/mol. The summed E-state index contributed by atoms with van der Waals surface area (Å²) in [4.78, 5) is 6.72. The first-order chi connectivity index (χ1) is 8.38. The van der Waals surface area contributed by atoms with Crippen LogP contribution in [0.4, 0.5) is 0 Å². The van der Waals surface area contributed by atoms with Crippen LogP contribution in [0.2, 0.25) is 0 Å². The minimum Gasteiger partial charge on any atom is -0.338 e. The molecule has 0 fully saturated rings. The van der Waals surface area contributed by atoms with Crippen LogP contribution in [0.3, 0.4) is 0 Å².